The predicted molar refractivity (Wildman–Crippen MR) is 82.4 cm³/mol. The van der Waals surface area contributed by atoms with Crippen LogP contribution in [-0.2, 0) is 0 Å². The number of ether oxygens (including phenoxy) is 1. The first-order valence-corrected chi connectivity index (χ1v) is 6.79. The van der Waals surface area contributed by atoms with Crippen molar-refractivity contribution in [3.8, 4) is 5.75 Å². The fraction of sp³-hybridized carbons (Fsp3) is 0.462. The van der Waals surface area contributed by atoms with Crippen LogP contribution in [0.2, 0.25) is 5.02 Å². The molecule has 0 saturated heterocycles. The predicted octanol–water partition coefficient (Wildman–Crippen LogP) is 2.01. The maximum Gasteiger partial charge on any atom is 0.257 e. The minimum absolute atomic E-state index is 0.268. The number of nitroso groups, excluding NO2 is 1. The summed E-state index contributed by atoms with van der Waals surface area (Å²) in [6.45, 7) is 3.01. The highest BCUT2D eigenvalue weighted by atomic mass is 35.5. The molecular formula is C13H19ClN4O3. The number of carbonyl (C=O) groups is 1. The number of nitrogen functional groups attached to an aromatic ring is 1. The summed E-state index contributed by atoms with van der Waals surface area (Å²) >= 11 is 5.95. The monoisotopic (exact) mass is 314 g/mol. The summed E-state index contributed by atoms with van der Waals surface area (Å²) in [4.78, 5) is 24.4. The molecule has 0 saturated carbocycles. The lowest BCUT2D eigenvalue weighted by Crippen LogP contribution is -2.34. The number of anilines is 1. The second kappa shape index (κ2) is 7.68. The van der Waals surface area contributed by atoms with Gasteiger partial charge in [0.1, 0.15) is 5.75 Å². The Morgan fingerprint density at radius 1 is 1.43 bits per heavy atom. The zero-order valence-corrected chi connectivity index (χ0v) is 13.1. The fourth-order valence-corrected chi connectivity index (χ4v) is 1.90. The average molecular weight is 315 g/mol. The van der Waals surface area contributed by atoms with E-state index in [2.05, 4.69) is 5.29 Å². The van der Waals surface area contributed by atoms with Gasteiger partial charge in [-0.2, -0.15) is 0 Å². The average Bonchev–Trinajstić information content (AvgIpc) is 2.49. The maximum absolute atomic E-state index is 12.4. The standard InChI is InChI=1S/C13H19ClN4O3/c1-4-18(16-20)6-5-17(2)13(19)9-7-10(14)11(15)8-12(9)21-3/h7-8H,4-6,15H2,1-3H3. The number of carbonyl (C=O) groups excluding carboxylic acids is 1. The summed E-state index contributed by atoms with van der Waals surface area (Å²) in [6.07, 6.45) is 0. The van der Waals surface area contributed by atoms with Crippen molar-refractivity contribution in [3.05, 3.63) is 27.6 Å². The first kappa shape index (κ1) is 17.0. The second-order valence-electron chi connectivity index (χ2n) is 4.43. The molecule has 0 heterocycles. The van der Waals surface area contributed by atoms with Crippen LogP contribution in [0.5, 0.6) is 5.75 Å². The molecule has 0 spiro atoms. The molecule has 0 atom stereocenters. The zero-order valence-electron chi connectivity index (χ0n) is 12.3. The summed E-state index contributed by atoms with van der Waals surface area (Å²) in [5.41, 5.74) is 6.35. The summed E-state index contributed by atoms with van der Waals surface area (Å²) in [5, 5.41) is 4.47. The lowest BCUT2D eigenvalue weighted by atomic mass is 10.1. The van der Waals surface area contributed by atoms with Gasteiger partial charge in [0.25, 0.3) is 5.91 Å². The van der Waals surface area contributed by atoms with E-state index in [0.29, 0.717) is 36.6 Å². The second-order valence-corrected chi connectivity index (χ2v) is 4.84. The van der Waals surface area contributed by atoms with Gasteiger partial charge in [-0.1, -0.05) is 11.6 Å². The van der Waals surface area contributed by atoms with Crippen molar-refractivity contribution in [2.75, 3.05) is 39.5 Å². The van der Waals surface area contributed by atoms with E-state index in [1.54, 1.807) is 7.05 Å². The molecular weight excluding hydrogens is 296 g/mol. The summed E-state index contributed by atoms with van der Waals surface area (Å²) in [7, 11) is 3.08. The van der Waals surface area contributed by atoms with Crippen LogP contribution < -0.4 is 10.5 Å². The number of methoxy groups -OCH3 is 1. The Labute approximate surface area is 128 Å². The van der Waals surface area contributed by atoms with E-state index in [1.165, 1.54) is 29.2 Å². The molecule has 1 aromatic rings. The van der Waals surface area contributed by atoms with Crippen LogP contribution in [-0.4, -0.2) is 49.6 Å². The molecule has 0 aliphatic heterocycles. The normalized spacial score (nSPS) is 10.1. The minimum atomic E-state index is -0.268. The molecule has 1 rings (SSSR count). The van der Waals surface area contributed by atoms with Gasteiger partial charge in [0.15, 0.2) is 0 Å². The van der Waals surface area contributed by atoms with Gasteiger partial charge in [-0.3, -0.25) is 9.80 Å². The Balaban J connectivity index is 2.87. The van der Waals surface area contributed by atoms with Crippen LogP contribution in [0.1, 0.15) is 17.3 Å². The van der Waals surface area contributed by atoms with Crippen LogP contribution >= 0.6 is 11.6 Å². The molecule has 2 N–H and O–H groups in total. The minimum Gasteiger partial charge on any atom is -0.496 e. The first-order chi connectivity index (χ1) is 9.94. The molecule has 0 aliphatic carbocycles. The summed E-state index contributed by atoms with van der Waals surface area (Å²) in [6, 6.07) is 2.98. The van der Waals surface area contributed by atoms with Crippen molar-refractivity contribution in [2.45, 2.75) is 6.92 Å². The van der Waals surface area contributed by atoms with Crippen molar-refractivity contribution >= 4 is 23.2 Å². The third-order valence-electron chi connectivity index (χ3n) is 3.07. The number of rotatable bonds is 7. The zero-order chi connectivity index (χ0) is 16.0. The summed E-state index contributed by atoms with van der Waals surface area (Å²) < 4.78 is 5.16. The lowest BCUT2D eigenvalue weighted by molar-refractivity contribution is 0.0776. The fourth-order valence-electron chi connectivity index (χ4n) is 1.73. The van der Waals surface area contributed by atoms with Gasteiger partial charge in [0, 0.05) is 26.2 Å². The molecule has 0 unspecified atom stereocenters. The van der Waals surface area contributed by atoms with E-state index in [9.17, 15) is 9.70 Å². The molecule has 0 aromatic heterocycles. The Hall–Kier alpha value is -2.02. The molecule has 1 amide bonds. The smallest absolute Gasteiger partial charge is 0.257 e. The number of benzene rings is 1. The van der Waals surface area contributed by atoms with Crippen molar-refractivity contribution in [3.63, 3.8) is 0 Å². The topological polar surface area (TPSA) is 88.2 Å². The molecule has 0 fully saturated rings. The van der Waals surface area contributed by atoms with Crippen LogP contribution in [0.15, 0.2) is 17.4 Å². The third kappa shape index (κ3) is 4.22. The van der Waals surface area contributed by atoms with Gasteiger partial charge in [0.05, 0.1) is 35.2 Å². The third-order valence-corrected chi connectivity index (χ3v) is 3.40. The molecule has 0 bridgehead atoms. The van der Waals surface area contributed by atoms with E-state index in [1.807, 2.05) is 6.92 Å². The van der Waals surface area contributed by atoms with Gasteiger partial charge < -0.3 is 15.4 Å². The number of hydrogen-bond acceptors (Lipinski definition) is 5. The molecule has 116 valence electrons. The number of amides is 1. The van der Waals surface area contributed by atoms with Crippen LogP contribution in [0, 0.1) is 4.91 Å². The van der Waals surface area contributed by atoms with E-state index in [0.717, 1.165) is 0 Å². The molecule has 8 heteroatoms. The SMILES string of the molecule is CCN(CCN(C)C(=O)c1cc(Cl)c(N)cc1OC)N=O. The highest BCUT2D eigenvalue weighted by Crippen LogP contribution is 2.29. The largest absolute Gasteiger partial charge is 0.496 e. The van der Waals surface area contributed by atoms with Crippen LogP contribution in [0.4, 0.5) is 5.69 Å². The van der Waals surface area contributed by atoms with Crippen molar-refractivity contribution in [1.29, 1.82) is 0 Å². The Kier molecular flexibility index (Phi) is 6.23. The first-order valence-electron chi connectivity index (χ1n) is 6.41. The highest BCUT2D eigenvalue weighted by molar-refractivity contribution is 6.33. The van der Waals surface area contributed by atoms with Gasteiger partial charge >= 0.3 is 0 Å². The number of nitrogens with two attached hydrogens (primary N) is 1. The van der Waals surface area contributed by atoms with Crippen molar-refractivity contribution in [1.82, 2.24) is 9.91 Å². The van der Waals surface area contributed by atoms with E-state index < -0.39 is 0 Å². The molecule has 0 aliphatic rings. The quantitative estimate of drug-likeness (QED) is 0.472. The Bertz CT molecular complexity index is 524. The van der Waals surface area contributed by atoms with E-state index in [4.69, 9.17) is 22.1 Å². The molecule has 0 radical (unpaired) electrons. The van der Waals surface area contributed by atoms with Crippen molar-refractivity contribution < 1.29 is 9.53 Å². The summed E-state index contributed by atoms with van der Waals surface area (Å²) in [5.74, 6) is 0.0883. The number of hydrogen-bond donors (Lipinski definition) is 1. The number of likely N-dealkylation sites (N-methyl/N-ethyl adjacent to an activating group) is 2. The highest BCUT2D eigenvalue weighted by Gasteiger charge is 2.19. The van der Waals surface area contributed by atoms with Crippen LogP contribution in [0.25, 0.3) is 0 Å². The number of halogens is 1. The molecule has 1 aromatic carbocycles. The van der Waals surface area contributed by atoms with Gasteiger partial charge in [-0.05, 0) is 13.0 Å². The Morgan fingerprint density at radius 3 is 2.62 bits per heavy atom. The Morgan fingerprint density at radius 2 is 2.10 bits per heavy atom. The maximum atomic E-state index is 12.4. The van der Waals surface area contributed by atoms with Gasteiger partial charge in [0.2, 0.25) is 0 Å². The van der Waals surface area contributed by atoms with Gasteiger partial charge in [-0.25, -0.2) is 0 Å². The molecule has 7 nitrogen and oxygen atoms in total. The van der Waals surface area contributed by atoms with E-state index >= 15 is 0 Å². The lowest BCUT2D eigenvalue weighted by Gasteiger charge is -2.21. The van der Waals surface area contributed by atoms with E-state index in [-0.39, 0.29) is 10.9 Å². The molecule has 21 heavy (non-hydrogen) atoms. The number of nitrogens with zero attached hydrogens (tertiary/aromatic N) is 3. The van der Waals surface area contributed by atoms with Crippen molar-refractivity contribution in [2.24, 2.45) is 5.29 Å². The van der Waals surface area contributed by atoms with Gasteiger partial charge in [-0.15, -0.1) is 4.91 Å². The van der Waals surface area contributed by atoms with Crippen LogP contribution in [0.3, 0.4) is 0 Å².